The van der Waals surface area contributed by atoms with Gasteiger partial charge in [-0.05, 0) is 28.1 Å². The second kappa shape index (κ2) is 3.53. The molecule has 0 saturated carbocycles. The first-order valence-electron chi connectivity index (χ1n) is 3.04. The van der Waals surface area contributed by atoms with Gasteiger partial charge in [0.05, 0.1) is 4.47 Å². The van der Waals surface area contributed by atoms with Gasteiger partial charge in [0.15, 0.2) is 5.82 Å². The summed E-state index contributed by atoms with van der Waals surface area (Å²) < 4.78 is 13.2. The molecule has 64 valence electrons. The van der Waals surface area contributed by atoms with E-state index in [9.17, 15) is 9.18 Å². The highest BCUT2D eigenvalue weighted by Crippen LogP contribution is 2.30. The number of carbonyl (C=O) groups excluding carboxylic acids is 1. The lowest BCUT2D eigenvalue weighted by Gasteiger charge is -2.04. The van der Waals surface area contributed by atoms with Crippen molar-refractivity contribution in [2.24, 2.45) is 0 Å². The smallest absolute Gasteiger partial charge is 0.211 e. The van der Waals surface area contributed by atoms with Crippen LogP contribution in [0.1, 0.15) is 0 Å². The summed E-state index contributed by atoms with van der Waals surface area (Å²) >= 11 is 2.91. The third-order valence-electron chi connectivity index (χ3n) is 1.28. The topological polar surface area (TPSA) is 49.3 Å². The number of carbonyl (C=O) groups is 1. The van der Waals surface area contributed by atoms with Crippen LogP contribution in [-0.2, 0) is 4.79 Å². The number of hydrogen-bond donors (Lipinski definition) is 2. The van der Waals surface area contributed by atoms with Gasteiger partial charge in [-0.15, -0.1) is 0 Å². The molecule has 0 spiro atoms. The van der Waals surface area contributed by atoms with Crippen LogP contribution >= 0.6 is 15.9 Å². The maximum Gasteiger partial charge on any atom is 0.211 e. The SMILES string of the molecule is O=CNc1c(O)ccc(Br)c1F. The van der Waals surface area contributed by atoms with E-state index in [0.29, 0.717) is 6.41 Å². The average Bonchev–Trinajstić information content (AvgIpc) is 2.06. The molecule has 3 nitrogen and oxygen atoms in total. The van der Waals surface area contributed by atoms with Crippen LogP contribution < -0.4 is 5.32 Å². The van der Waals surface area contributed by atoms with Gasteiger partial charge in [-0.2, -0.15) is 0 Å². The summed E-state index contributed by atoms with van der Waals surface area (Å²) in [6.45, 7) is 0. The molecule has 1 amide bonds. The molecule has 0 fully saturated rings. The van der Waals surface area contributed by atoms with Gasteiger partial charge in [0.25, 0.3) is 0 Å². The minimum atomic E-state index is -0.692. The molecule has 0 aliphatic heterocycles. The highest BCUT2D eigenvalue weighted by molar-refractivity contribution is 9.10. The summed E-state index contributed by atoms with van der Waals surface area (Å²) in [5, 5.41) is 11.1. The number of hydrogen-bond acceptors (Lipinski definition) is 2. The van der Waals surface area contributed by atoms with Crippen molar-refractivity contribution in [3.8, 4) is 5.75 Å². The minimum Gasteiger partial charge on any atom is -0.506 e. The fraction of sp³-hybridized carbons (Fsp3) is 0. The normalized spacial score (nSPS) is 9.50. The molecule has 0 saturated heterocycles. The van der Waals surface area contributed by atoms with E-state index in [1.54, 1.807) is 0 Å². The van der Waals surface area contributed by atoms with Gasteiger partial charge in [-0.1, -0.05) is 0 Å². The molecule has 0 bridgehead atoms. The van der Waals surface area contributed by atoms with Crippen molar-refractivity contribution < 1.29 is 14.3 Å². The lowest BCUT2D eigenvalue weighted by molar-refractivity contribution is -0.105. The largest absolute Gasteiger partial charge is 0.506 e. The first-order chi connectivity index (χ1) is 5.66. The van der Waals surface area contributed by atoms with Crippen LogP contribution in [0.15, 0.2) is 16.6 Å². The van der Waals surface area contributed by atoms with E-state index in [-0.39, 0.29) is 15.9 Å². The predicted octanol–water partition coefficient (Wildman–Crippen LogP) is 1.86. The second-order valence-electron chi connectivity index (χ2n) is 2.02. The highest BCUT2D eigenvalue weighted by Gasteiger charge is 2.09. The molecule has 0 unspecified atom stereocenters. The van der Waals surface area contributed by atoms with Crippen LogP contribution in [0, 0.1) is 5.82 Å². The van der Waals surface area contributed by atoms with E-state index in [4.69, 9.17) is 5.11 Å². The standard InChI is InChI=1S/C7H5BrFNO2/c8-4-1-2-5(12)7(6(4)9)10-3-11/h1-3,12H,(H,10,11). The Kier molecular flexibility index (Phi) is 2.65. The Morgan fingerprint density at radius 3 is 2.83 bits per heavy atom. The summed E-state index contributed by atoms with van der Waals surface area (Å²) in [6, 6.07) is 2.62. The second-order valence-corrected chi connectivity index (χ2v) is 2.87. The molecular weight excluding hydrogens is 229 g/mol. The number of amides is 1. The fourth-order valence-electron chi connectivity index (χ4n) is 0.737. The molecule has 12 heavy (non-hydrogen) atoms. The molecule has 0 aliphatic rings. The van der Waals surface area contributed by atoms with Gasteiger partial charge >= 0.3 is 0 Å². The summed E-state index contributed by atoms with van der Waals surface area (Å²) in [5.41, 5.74) is -0.223. The van der Waals surface area contributed by atoms with Crippen LogP contribution in [0.3, 0.4) is 0 Å². The van der Waals surface area contributed by atoms with E-state index in [1.807, 2.05) is 5.32 Å². The van der Waals surface area contributed by atoms with Gasteiger partial charge in [0.2, 0.25) is 6.41 Å². The van der Waals surface area contributed by atoms with Crippen molar-refractivity contribution in [1.82, 2.24) is 0 Å². The molecular formula is C7H5BrFNO2. The van der Waals surface area contributed by atoms with Crippen LogP contribution in [-0.4, -0.2) is 11.5 Å². The van der Waals surface area contributed by atoms with Gasteiger partial charge in [-0.25, -0.2) is 4.39 Å². The average molecular weight is 234 g/mol. The van der Waals surface area contributed by atoms with E-state index in [1.165, 1.54) is 12.1 Å². The van der Waals surface area contributed by atoms with Crippen molar-refractivity contribution in [1.29, 1.82) is 0 Å². The van der Waals surface area contributed by atoms with E-state index < -0.39 is 5.82 Å². The maximum absolute atomic E-state index is 13.0. The summed E-state index contributed by atoms with van der Waals surface area (Å²) in [7, 11) is 0. The summed E-state index contributed by atoms with van der Waals surface area (Å²) in [4.78, 5) is 9.99. The third kappa shape index (κ3) is 1.55. The van der Waals surface area contributed by atoms with E-state index in [2.05, 4.69) is 15.9 Å². The van der Waals surface area contributed by atoms with Crippen LogP contribution in [0.4, 0.5) is 10.1 Å². The number of aromatic hydroxyl groups is 1. The Labute approximate surface area is 76.3 Å². The molecule has 0 heterocycles. The monoisotopic (exact) mass is 233 g/mol. The number of benzene rings is 1. The number of phenols is 1. The number of phenolic OH excluding ortho intramolecular Hbond substituents is 1. The quantitative estimate of drug-likeness (QED) is 0.606. The first kappa shape index (κ1) is 8.99. The zero-order valence-electron chi connectivity index (χ0n) is 5.84. The van der Waals surface area contributed by atoms with Gasteiger partial charge in [0.1, 0.15) is 11.4 Å². The number of rotatable bonds is 2. The number of anilines is 1. The summed E-state index contributed by atoms with van der Waals surface area (Å²) in [5.74, 6) is -0.995. The van der Waals surface area contributed by atoms with Gasteiger partial charge in [-0.3, -0.25) is 4.79 Å². The Bertz CT molecular complexity index is 317. The zero-order valence-corrected chi connectivity index (χ0v) is 7.43. The Morgan fingerprint density at radius 2 is 2.25 bits per heavy atom. The molecule has 0 atom stereocenters. The maximum atomic E-state index is 13.0. The predicted molar refractivity (Wildman–Crippen MR) is 45.5 cm³/mol. The molecule has 0 radical (unpaired) electrons. The Morgan fingerprint density at radius 1 is 1.58 bits per heavy atom. The number of halogens is 2. The zero-order chi connectivity index (χ0) is 9.14. The lowest BCUT2D eigenvalue weighted by atomic mass is 10.3. The molecule has 2 N–H and O–H groups in total. The van der Waals surface area contributed by atoms with Crippen LogP contribution in [0.2, 0.25) is 0 Å². The first-order valence-corrected chi connectivity index (χ1v) is 3.83. The molecule has 5 heteroatoms. The molecule has 0 aromatic heterocycles. The highest BCUT2D eigenvalue weighted by atomic mass is 79.9. The molecule has 0 aliphatic carbocycles. The molecule has 1 aromatic rings. The lowest BCUT2D eigenvalue weighted by Crippen LogP contribution is -1.97. The van der Waals surface area contributed by atoms with E-state index >= 15 is 0 Å². The van der Waals surface area contributed by atoms with Crippen molar-refractivity contribution in [2.75, 3.05) is 5.32 Å². The Balaban J connectivity index is 3.22. The van der Waals surface area contributed by atoms with E-state index in [0.717, 1.165) is 0 Å². The number of nitrogens with one attached hydrogen (secondary N) is 1. The third-order valence-corrected chi connectivity index (χ3v) is 1.89. The fourth-order valence-corrected chi connectivity index (χ4v) is 1.07. The van der Waals surface area contributed by atoms with Gasteiger partial charge < -0.3 is 10.4 Å². The van der Waals surface area contributed by atoms with Crippen molar-refractivity contribution in [2.45, 2.75) is 0 Å². The Hall–Kier alpha value is -1.10. The minimum absolute atomic E-state index is 0.185. The van der Waals surface area contributed by atoms with Crippen molar-refractivity contribution >= 4 is 28.0 Å². The summed E-state index contributed by atoms with van der Waals surface area (Å²) in [6.07, 6.45) is 0.296. The molecule has 1 aromatic carbocycles. The van der Waals surface area contributed by atoms with Crippen molar-refractivity contribution in [3.63, 3.8) is 0 Å². The molecule has 1 rings (SSSR count). The van der Waals surface area contributed by atoms with Crippen molar-refractivity contribution in [3.05, 3.63) is 22.4 Å². The van der Waals surface area contributed by atoms with Gasteiger partial charge in [0, 0.05) is 0 Å². The van der Waals surface area contributed by atoms with Crippen LogP contribution in [0.5, 0.6) is 5.75 Å². The van der Waals surface area contributed by atoms with Crippen LogP contribution in [0.25, 0.3) is 0 Å².